The summed E-state index contributed by atoms with van der Waals surface area (Å²) in [6.07, 6.45) is 2.08. The molecule has 2 unspecified atom stereocenters. The first-order chi connectivity index (χ1) is 16.0. The van der Waals surface area contributed by atoms with Crippen molar-refractivity contribution in [2.45, 2.75) is 52.2 Å². The van der Waals surface area contributed by atoms with Crippen LogP contribution in [0.15, 0.2) is 48.5 Å². The van der Waals surface area contributed by atoms with E-state index in [-0.39, 0.29) is 29.2 Å². The van der Waals surface area contributed by atoms with E-state index in [0.29, 0.717) is 17.0 Å². The number of carbonyl (C=O) groups is 2. The molecule has 0 saturated heterocycles. The molecule has 2 aromatic carbocycles. The zero-order valence-corrected chi connectivity index (χ0v) is 22.1. The summed E-state index contributed by atoms with van der Waals surface area (Å²) in [5.41, 5.74) is 0.839. The molecule has 2 rings (SSSR count). The monoisotopic (exact) mass is 527 g/mol. The molecule has 0 fully saturated rings. The number of rotatable bonds is 11. The summed E-state index contributed by atoms with van der Waals surface area (Å²) < 4.78 is 26.2. The minimum absolute atomic E-state index is 0.0467. The first-order valence-corrected chi connectivity index (χ1v) is 13.6. The van der Waals surface area contributed by atoms with Gasteiger partial charge in [-0.05, 0) is 43.5 Å². The average molecular weight is 529 g/mol. The molecule has 7 nitrogen and oxygen atoms in total. The maximum atomic E-state index is 13.6. The lowest BCUT2D eigenvalue weighted by Gasteiger charge is -2.33. The van der Waals surface area contributed by atoms with Gasteiger partial charge in [-0.25, -0.2) is 8.42 Å². The molecule has 34 heavy (non-hydrogen) atoms. The van der Waals surface area contributed by atoms with Gasteiger partial charge in [-0.2, -0.15) is 0 Å². The third kappa shape index (κ3) is 7.35. The molecule has 1 N–H and O–H groups in total. The van der Waals surface area contributed by atoms with E-state index in [0.717, 1.165) is 17.0 Å². The first-order valence-electron chi connectivity index (χ1n) is 11.0. The lowest BCUT2D eigenvalue weighted by Crippen LogP contribution is -2.53. The Morgan fingerprint density at radius 2 is 1.56 bits per heavy atom. The van der Waals surface area contributed by atoms with Crippen molar-refractivity contribution in [3.63, 3.8) is 0 Å². The van der Waals surface area contributed by atoms with Crippen LogP contribution in [0.4, 0.5) is 5.69 Å². The van der Waals surface area contributed by atoms with Crippen LogP contribution in [0.5, 0.6) is 0 Å². The van der Waals surface area contributed by atoms with Crippen LogP contribution in [0.3, 0.4) is 0 Å². The van der Waals surface area contributed by atoms with E-state index in [1.807, 2.05) is 13.8 Å². The van der Waals surface area contributed by atoms with Crippen molar-refractivity contribution < 1.29 is 18.0 Å². The van der Waals surface area contributed by atoms with Crippen LogP contribution in [-0.4, -0.2) is 50.0 Å². The summed E-state index contributed by atoms with van der Waals surface area (Å²) in [4.78, 5) is 28.1. The van der Waals surface area contributed by atoms with E-state index in [4.69, 9.17) is 23.2 Å². The fraction of sp³-hybridized carbons (Fsp3) is 0.417. The van der Waals surface area contributed by atoms with Crippen molar-refractivity contribution in [1.29, 1.82) is 0 Å². The average Bonchev–Trinajstić information content (AvgIpc) is 2.78. The number of para-hydroxylation sites is 1. The Morgan fingerprint density at radius 3 is 2.09 bits per heavy atom. The number of nitrogens with zero attached hydrogens (tertiary/aromatic N) is 2. The molecule has 2 aromatic rings. The lowest BCUT2D eigenvalue weighted by atomic mass is 10.1. The summed E-state index contributed by atoms with van der Waals surface area (Å²) in [6.45, 7) is 5.17. The van der Waals surface area contributed by atoms with Gasteiger partial charge in [-0.1, -0.05) is 67.4 Å². The second-order valence-corrected chi connectivity index (χ2v) is 10.8. The third-order valence-corrected chi connectivity index (χ3v) is 7.30. The highest BCUT2D eigenvalue weighted by Gasteiger charge is 2.32. The highest BCUT2D eigenvalue weighted by atomic mass is 35.5. The lowest BCUT2D eigenvalue weighted by molar-refractivity contribution is -0.140. The van der Waals surface area contributed by atoms with Gasteiger partial charge in [0.05, 0.1) is 17.0 Å². The zero-order valence-electron chi connectivity index (χ0n) is 19.8. The summed E-state index contributed by atoms with van der Waals surface area (Å²) in [5, 5.41) is 3.56. The molecule has 0 saturated carbocycles. The number of hydrogen-bond donors (Lipinski definition) is 1. The van der Waals surface area contributed by atoms with Crippen molar-refractivity contribution in [3.8, 4) is 0 Å². The van der Waals surface area contributed by atoms with Crippen LogP contribution in [-0.2, 0) is 26.2 Å². The number of sulfonamides is 1. The maximum Gasteiger partial charge on any atom is 0.244 e. The van der Waals surface area contributed by atoms with Gasteiger partial charge in [-0.15, -0.1) is 0 Å². The number of hydrogen-bond acceptors (Lipinski definition) is 4. The highest BCUT2D eigenvalue weighted by Crippen LogP contribution is 2.28. The SMILES string of the molecule is CCC(C)NC(=O)C(CC)N(Cc1ccccc1Cl)C(=O)CN(c1ccccc1Cl)S(C)(=O)=O. The number of nitrogens with one attached hydrogen (secondary N) is 1. The van der Waals surface area contributed by atoms with E-state index in [1.165, 1.54) is 11.0 Å². The molecule has 0 bridgehead atoms. The fourth-order valence-electron chi connectivity index (χ4n) is 3.42. The smallest absolute Gasteiger partial charge is 0.244 e. The van der Waals surface area contributed by atoms with E-state index < -0.39 is 28.5 Å². The number of amides is 2. The van der Waals surface area contributed by atoms with Crippen molar-refractivity contribution in [3.05, 3.63) is 64.1 Å². The number of halogens is 2. The van der Waals surface area contributed by atoms with Gasteiger partial charge in [0.2, 0.25) is 21.8 Å². The Hall–Kier alpha value is -2.29. The molecule has 2 amide bonds. The highest BCUT2D eigenvalue weighted by molar-refractivity contribution is 7.92. The van der Waals surface area contributed by atoms with E-state index in [1.54, 1.807) is 49.4 Å². The molecule has 0 aromatic heterocycles. The van der Waals surface area contributed by atoms with Gasteiger partial charge in [0, 0.05) is 17.6 Å². The van der Waals surface area contributed by atoms with Crippen LogP contribution in [0.2, 0.25) is 10.0 Å². The van der Waals surface area contributed by atoms with E-state index in [2.05, 4.69) is 5.32 Å². The van der Waals surface area contributed by atoms with Gasteiger partial charge in [0.1, 0.15) is 12.6 Å². The van der Waals surface area contributed by atoms with Crippen molar-refractivity contribution >= 4 is 50.7 Å². The Bertz CT molecular complexity index is 1110. The third-order valence-electron chi connectivity index (χ3n) is 5.49. The van der Waals surface area contributed by atoms with Crippen LogP contribution in [0.1, 0.15) is 39.2 Å². The number of anilines is 1. The minimum Gasteiger partial charge on any atom is -0.352 e. The van der Waals surface area contributed by atoms with Gasteiger partial charge in [0.15, 0.2) is 0 Å². The Kier molecular flexibility index (Phi) is 10.2. The molecule has 10 heteroatoms. The predicted octanol–water partition coefficient (Wildman–Crippen LogP) is 4.48. The van der Waals surface area contributed by atoms with Gasteiger partial charge in [-0.3, -0.25) is 13.9 Å². The Labute approximate surface area is 212 Å². The van der Waals surface area contributed by atoms with Crippen LogP contribution in [0.25, 0.3) is 0 Å². The van der Waals surface area contributed by atoms with Crippen molar-refractivity contribution in [1.82, 2.24) is 10.2 Å². The standard InChI is InChI=1S/C24H31Cl2N3O4S/c1-5-17(3)27-24(31)21(6-2)28(15-18-11-7-8-12-19(18)25)23(30)16-29(34(4,32)33)22-14-10-9-13-20(22)26/h7-14,17,21H,5-6,15-16H2,1-4H3,(H,27,31). The Balaban J connectivity index is 2.47. The van der Waals surface area contributed by atoms with Crippen molar-refractivity contribution in [2.24, 2.45) is 0 Å². The molecule has 186 valence electrons. The van der Waals surface area contributed by atoms with E-state index in [9.17, 15) is 18.0 Å². The minimum atomic E-state index is -3.85. The second-order valence-electron chi connectivity index (χ2n) is 8.08. The molecule has 0 aliphatic carbocycles. The molecule has 2 atom stereocenters. The second kappa shape index (κ2) is 12.4. The fourth-order valence-corrected chi connectivity index (χ4v) is 4.76. The van der Waals surface area contributed by atoms with Crippen molar-refractivity contribution in [2.75, 3.05) is 17.1 Å². The summed E-state index contributed by atoms with van der Waals surface area (Å²) in [7, 11) is -3.85. The van der Waals surface area contributed by atoms with Crippen LogP contribution < -0.4 is 9.62 Å². The number of carbonyl (C=O) groups excluding carboxylic acids is 2. The molecule has 0 heterocycles. The molecular weight excluding hydrogens is 497 g/mol. The molecule has 0 aliphatic heterocycles. The largest absolute Gasteiger partial charge is 0.352 e. The van der Waals surface area contributed by atoms with E-state index >= 15 is 0 Å². The van der Waals surface area contributed by atoms with Crippen LogP contribution in [0, 0.1) is 0 Å². The molecule has 0 radical (unpaired) electrons. The number of benzene rings is 2. The van der Waals surface area contributed by atoms with Crippen LogP contribution >= 0.6 is 23.2 Å². The quantitative estimate of drug-likeness (QED) is 0.466. The molecular formula is C24H31Cl2N3O4S. The Morgan fingerprint density at radius 1 is 0.971 bits per heavy atom. The predicted molar refractivity (Wildman–Crippen MR) is 138 cm³/mol. The normalized spacial score (nSPS) is 13.1. The summed E-state index contributed by atoms with van der Waals surface area (Å²) >= 11 is 12.6. The van der Waals surface area contributed by atoms with Gasteiger partial charge < -0.3 is 10.2 Å². The van der Waals surface area contributed by atoms with Gasteiger partial charge >= 0.3 is 0 Å². The summed E-state index contributed by atoms with van der Waals surface area (Å²) in [5.74, 6) is -0.850. The van der Waals surface area contributed by atoms with Gasteiger partial charge in [0.25, 0.3) is 0 Å². The maximum absolute atomic E-state index is 13.6. The molecule has 0 aliphatic rings. The molecule has 0 spiro atoms. The zero-order chi connectivity index (χ0) is 25.5. The first kappa shape index (κ1) is 28.0. The summed E-state index contributed by atoms with van der Waals surface area (Å²) in [6, 6.07) is 12.5. The topological polar surface area (TPSA) is 86.8 Å².